The average Bonchev–Trinajstić information content (AvgIpc) is 2.73. The zero-order valence-corrected chi connectivity index (χ0v) is 18.4. The Kier molecular flexibility index (Phi) is 6.90. The van der Waals surface area contributed by atoms with Gasteiger partial charge in [-0.2, -0.15) is 0 Å². The molecule has 0 spiro atoms. The Morgan fingerprint density at radius 1 is 1.10 bits per heavy atom. The highest BCUT2D eigenvalue weighted by Gasteiger charge is 2.28. The van der Waals surface area contributed by atoms with E-state index in [2.05, 4.69) is 10.6 Å². The highest BCUT2D eigenvalue weighted by molar-refractivity contribution is 5.97. The number of amides is 3. The fourth-order valence-corrected chi connectivity index (χ4v) is 3.63. The third-order valence-electron chi connectivity index (χ3n) is 5.28. The summed E-state index contributed by atoms with van der Waals surface area (Å²) in [6.07, 6.45) is 3.76. The van der Waals surface area contributed by atoms with Crippen molar-refractivity contribution in [3.8, 4) is 0 Å². The van der Waals surface area contributed by atoms with Gasteiger partial charge in [-0.25, -0.2) is 0 Å². The van der Waals surface area contributed by atoms with Crippen LogP contribution in [0.2, 0.25) is 0 Å². The van der Waals surface area contributed by atoms with Gasteiger partial charge < -0.3 is 15.5 Å². The summed E-state index contributed by atoms with van der Waals surface area (Å²) in [6.45, 7) is 8.04. The maximum absolute atomic E-state index is 12.9. The summed E-state index contributed by atoms with van der Waals surface area (Å²) in [5.74, 6) is -0.0618. The van der Waals surface area contributed by atoms with E-state index in [-0.39, 0.29) is 30.2 Å². The molecule has 2 N–H and O–H groups in total. The van der Waals surface area contributed by atoms with E-state index in [4.69, 9.17) is 0 Å². The van der Waals surface area contributed by atoms with Crippen LogP contribution >= 0.6 is 0 Å². The number of aryl methyl sites for hydroxylation is 1. The molecule has 0 saturated heterocycles. The van der Waals surface area contributed by atoms with Crippen molar-refractivity contribution < 1.29 is 14.4 Å². The smallest absolute Gasteiger partial charge is 0.251 e. The van der Waals surface area contributed by atoms with Gasteiger partial charge in [-0.05, 0) is 53.8 Å². The van der Waals surface area contributed by atoms with Gasteiger partial charge in [0.15, 0.2) is 0 Å². The average molecular weight is 420 g/mol. The fraction of sp³-hybridized carbons (Fsp3) is 0.320. The molecule has 6 heteroatoms. The van der Waals surface area contributed by atoms with Crippen LogP contribution in [-0.4, -0.2) is 29.2 Å². The maximum Gasteiger partial charge on any atom is 0.251 e. The topological polar surface area (TPSA) is 78.5 Å². The van der Waals surface area contributed by atoms with Gasteiger partial charge in [0.1, 0.15) is 0 Å². The number of nitrogens with one attached hydrogen (secondary N) is 2. The van der Waals surface area contributed by atoms with E-state index in [9.17, 15) is 14.4 Å². The number of hydrogen-bond donors (Lipinski definition) is 2. The largest absolute Gasteiger partial charge is 0.352 e. The lowest BCUT2D eigenvalue weighted by atomic mass is 9.93. The van der Waals surface area contributed by atoms with E-state index in [1.54, 1.807) is 29.3 Å². The molecule has 1 aliphatic rings. The molecule has 0 saturated carbocycles. The molecule has 0 bridgehead atoms. The molecule has 0 aromatic heterocycles. The molecule has 31 heavy (non-hydrogen) atoms. The minimum Gasteiger partial charge on any atom is -0.352 e. The monoisotopic (exact) mass is 419 g/mol. The second-order valence-corrected chi connectivity index (χ2v) is 8.27. The zero-order valence-electron chi connectivity index (χ0n) is 18.4. The van der Waals surface area contributed by atoms with Crippen molar-refractivity contribution in [3.63, 3.8) is 0 Å². The molecule has 3 amide bonds. The quantitative estimate of drug-likeness (QED) is 0.733. The first kappa shape index (κ1) is 22.3. The molecular formula is C25H29N3O3. The Balaban J connectivity index is 1.72. The molecule has 1 aliphatic heterocycles. The molecule has 1 atom stereocenters. The second-order valence-electron chi connectivity index (χ2n) is 8.27. The molecule has 2 aromatic rings. The zero-order chi connectivity index (χ0) is 22.5. The summed E-state index contributed by atoms with van der Waals surface area (Å²) in [6, 6.07) is 12.6. The summed E-state index contributed by atoms with van der Waals surface area (Å²) in [5, 5.41) is 5.83. The molecule has 3 rings (SSSR count). The van der Waals surface area contributed by atoms with Crippen LogP contribution in [0.25, 0.3) is 6.08 Å². The van der Waals surface area contributed by atoms with Crippen molar-refractivity contribution in [3.05, 3.63) is 70.9 Å². The van der Waals surface area contributed by atoms with Crippen LogP contribution in [0.5, 0.6) is 0 Å². The van der Waals surface area contributed by atoms with Crippen molar-refractivity contribution in [2.75, 3.05) is 11.9 Å². The number of hydrogen-bond acceptors (Lipinski definition) is 3. The number of benzene rings is 2. The van der Waals surface area contributed by atoms with Gasteiger partial charge in [0.2, 0.25) is 11.8 Å². The van der Waals surface area contributed by atoms with Gasteiger partial charge in [0.25, 0.3) is 5.91 Å². The van der Waals surface area contributed by atoms with Crippen molar-refractivity contribution in [1.82, 2.24) is 10.2 Å². The Bertz CT molecular complexity index is 1030. The number of carbonyl (C=O) groups is 3. The van der Waals surface area contributed by atoms with E-state index >= 15 is 0 Å². The highest BCUT2D eigenvalue weighted by atomic mass is 16.2. The highest BCUT2D eigenvalue weighted by Crippen LogP contribution is 2.33. The van der Waals surface area contributed by atoms with E-state index in [1.165, 1.54) is 6.92 Å². The molecule has 0 fully saturated rings. The van der Waals surface area contributed by atoms with Gasteiger partial charge in [-0.15, -0.1) is 0 Å². The van der Waals surface area contributed by atoms with Crippen LogP contribution in [0.1, 0.15) is 60.3 Å². The lowest BCUT2D eigenvalue weighted by Crippen LogP contribution is -2.33. The number of rotatable bonds is 6. The van der Waals surface area contributed by atoms with E-state index in [0.717, 1.165) is 16.7 Å². The van der Waals surface area contributed by atoms with Crippen LogP contribution in [0.15, 0.2) is 48.7 Å². The third kappa shape index (κ3) is 5.40. The van der Waals surface area contributed by atoms with Crippen LogP contribution in [0.4, 0.5) is 5.69 Å². The van der Waals surface area contributed by atoms with Gasteiger partial charge in [-0.1, -0.05) is 38.1 Å². The number of carbonyl (C=O) groups excluding carboxylic acids is 3. The van der Waals surface area contributed by atoms with Gasteiger partial charge in [-0.3, -0.25) is 14.4 Å². The van der Waals surface area contributed by atoms with Gasteiger partial charge >= 0.3 is 0 Å². The Labute approximate surface area is 183 Å². The summed E-state index contributed by atoms with van der Waals surface area (Å²) >= 11 is 0. The number of anilines is 1. The van der Waals surface area contributed by atoms with Crippen LogP contribution in [0.3, 0.4) is 0 Å². The molecule has 6 nitrogen and oxygen atoms in total. The normalized spacial score (nSPS) is 14.9. The van der Waals surface area contributed by atoms with Crippen LogP contribution in [0, 0.1) is 12.8 Å². The predicted molar refractivity (Wildman–Crippen MR) is 122 cm³/mol. The van der Waals surface area contributed by atoms with E-state index < -0.39 is 0 Å². The van der Waals surface area contributed by atoms with Crippen molar-refractivity contribution in [1.29, 1.82) is 0 Å². The Hall–Kier alpha value is -3.41. The summed E-state index contributed by atoms with van der Waals surface area (Å²) < 4.78 is 0. The number of fused-ring (bicyclic) bond motifs is 1. The molecule has 0 aliphatic carbocycles. The maximum atomic E-state index is 12.9. The van der Waals surface area contributed by atoms with E-state index in [1.807, 2.05) is 51.1 Å². The first-order valence-corrected chi connectivity index (χ1v) is 10.5. The molecule has 162 valence electrons. The Morgan fingerprint density at radius 2 is 1.84 bits per heavy atom. The van der Waals surface area contributed by atoms with Gasteiger partial charge in [0, 0.05) is 30.9 Å². The van der Waals surface area contributed by atoms with Crippen molar-refractivity contribution in [2.24, 2.45) is 5.92 Å². The fourth-order valence-electron chi connectivity index (χ4n) is 3.63. The minimum absolute atomic E-state index is 0.114. The summed E-state index contributed by atoms with van der Waals surface area (Å²) in [5.41, 5.74) is 3.97. The summed E-state index contributed by atoms with van der Waals surface area (Å²) in [7, 11) is 0. The van der Waals surface area contributed by atoms with E-state index in [0.29, 0.717) is 23.7 Å². The predicted octanol–water partition coefficient (Wildman–Crippen LogP) is 4.28. The second kappa shape index (κ2) is 9.60. The van der Waals surface area contributed by atoms with Crippen molar-refractivity contribution in [2.45, 2.75) is 40.2 Å². The van der Waals surface area contributed by atoms with Crippen LogP contribution in [-0.2, 0) is 9.59 Å². The SMILES string of the molecule is CC(=O)N1C=Cc2ccccc2C1CC(=O)Nc1ccc(C(=O)NCC(C)C)cc1C. The van der Waals surface area contributed by atoms with Gasteiger partial charge in [0.05, 0.1) is 12.5 Å². The number of nitrogens with zero attached hydrogens (tertiary/aromatic N) is 1. The van der Waals surface area contributed by atoms with Crippen LogP contribution < -0.4 is 10.6 Å². The van der Waals surface area contributed by atoms with Crippen molar-refractivity contribution >= 4 is 29.5 Å². The first-order chi connectivity index (χ1) is 14.8. The molecular weight excluding hydrogens is 390 g/mol. The molecule has 1 heterocycles. The Morgan fingerprint density at radius 3 is 2.52 bits per heavy atom. The third-order valence-corrected chi connectivity index (χ3v) is 5.28. The molecule has 1 unspecified atom stereocenters. The lowest BCUT2D eigenvalue weighted by Gasteiger charge is -2.32. The summed E-state index contributed by atoms with van der Waals surface area (Å²) in [4.78, 5) is 38.8. The standard InChI is InChI=1S/C25H29N3O3/c1-16(2)15-26-25(31)20-9-10-22(17(3)13-20)27-24(30)14-23-21-8-6-5-7-19(21)11-12-28(23)18(4)29/h5-13,16,23H,14-15H2,1-4H3,(H,26,31)(H,27,30). The molecule has 2 aromatic carbocycles. The lowest BCUT2D eigenvalue weighted by molar-refractivity contribution is -0.129. The first-order valence-electron chi connectivity index (χ1n) is 10.5. The molecule has 0 radical (unpaired) electrons. The minimum atomic E-state index is -0.361.